The summed E-state index contributed by atoms with van der Waals surface area (Å²) in [6, 6.07) is 21.2. The largest absolute Gasteiger partial charge is 0.365 e. The van der Waals surface area contributed by atoms with E-state index in [0.29, 0.717) is 30.1 Å². The van der Waals surface area contributed by atoms with Gasteiger partial charge in [0.25, 0.3) is 0 Å². The van der Waals surface area contributed by atoms with Gasteiger partial charge in [0, 0.05) is 29.8 Å². The summed E-state index contributed by atoms with van der Waals surface area (Å²) in [7, 11) is -3.81. The average molecular weight is 472 g/mol. The molecule has 0 aromatic heterocycles. The molecule has 31 heavy (non-hydrogen) atoms. The first-order valence-electron chi connectivity index (χ1n) is 9.65. The molecule has 1 aliphatic rings. The van der Waals surface area contributed by atoms with Gasteiger partial charge in [-0.25, -0.2) is 13.1 Å². The molecule has 0 aliphatic carbocycles. The molecule has 0 radical (unpaired) electrons. The summed E-state index contributed by atoms with van der Waals surface area (Å²) in [6.45, 7) is 1.03. The van der Waals surface area contributed by atoms with E-state index >= 15 is 0 Å². The van der Waals surface area contributed by atoms with Gasteiger partial charge in [0.15, 0.2) is 0 Å². The minimum Gasteiger partial charge on any atom is -0.365 e. The zero-order valence-corrected chi connectivity index (χ0v) is 18.8. The van der Waals surface area contributed by atoms with Crippen LogP contribution in [0, 0.1) is 11.3 Å². The highest BCUT2D eigenvalue weighted by atomic mass is 35.5. The van der Waals surface area contributed by atoms with E-state index in [1.165, 1.54) is 6.07 Å². The first-order chi connectivity index (χ1) is 14.9. The monoisotopic (exact) mass is 471 g/mol. The van der Waals surface area contributed by atoms with E-state index < -0.39 is 10.0 Å². The van der Waals surface area contributed by atoms with E-state index in [0.717, 1.165) is 16.8 Å². The maximum absolute atomic E-state index is 13.0. The van der Waals surface area contributed by atoms with Crippen molar-refractivity contribution in [2.45, 2.75) is 23.9 Å². The Bertz CT molecular complexity index is 1270. The maximum Gasteiger partial charge on any atom is 0.242 e. The van der Waals surface area contributed by atoms with Gasteiger partial charge < -0.3 is 4.90 Å². The van der Waals surface area contributed by atoms with Crippen molar-refractivity contribution in [1.29, 1.82) is 5.26 Å². The second-order valence-corrected chi connectivity index (χ2v) is 9.94. The van der Waals surface area contributed by atoms with E-state index in [1.54, 1.807) is 24.3 Å². The number of rotatable bonds is 5. The predicted octanol–water partition coefficient (Wildman–Crippen LogP) is 4.77. The Labute approximate surface area is 191 Å². The van der Waals surface area contributed by atoms with Crippen molar-refractivity contribution in [3.63, 3.8) is 0 Å². The van der Waals surface area contributed by atoms with Crippen molar-refractivity contribution >= 4 is 38.9 Å². The molecule has 3 aromatic rings. The second kappa shape index (κ2) is 8.89. The van der Waals surface area contributed by atoms with Gasteiger partial charge in [-0.2, -0.15) is 5.26 Å². The predicted molar refractivity (Wildman–Crippen MR) is 123 cm³/mol. The first kappa shape index (κ1) is 21.7. The molecule has 0 saturated carbocycles. The molecule has 8 heteroatoms. The molecule has 0 fully saturated rings. The SMILES string of the molecule is N#Cc1ccc2c(c1)C[C@H](NS(=O)(=O)c1ccccc1Cl)CN2Cc1cccc(Cl)c1. The van der Waals surface area contributed by atoms with Crippen molar-refractivity contribution in [3.05, 3.63) is 93.5 Å². The highest BCUT2D eigenvalue weighted by Crippen LogP contribution is 2.31. The average Bonchev–Trinajstić information content (AvgIpc) is 2.73. The number of hydrogen-bond donors (Lipinski definition) is 1. The van der Waals surface area contributed by atoms with E-state index in [1.807, 2.05) is 36.4 Å². The number of fused-ring (bicyclic) bond motifs is 1. The molecule has 1 heterocycles. The highest BCUT2D eigenvalue weighted by molar-refractivity contribution is 7.89. The van der Waals surface area contributed by atoms with Gasteiger partial charge in [0.05, 0.1) is 16.7 Å². The van der Waals surface area contributed by atoms with Crippen LogP contribution in [0.15, 0.2) is 71.6 Å². The molecule has 0 amide bonds. The Kier molecular flexibility index (Phi) is 6.22. The molecule has 0 saturated heterocycles. The van der Waals surface area contributed by atoms with Crippen molar-refractivity contribution in [2.75, 3.05) is 11.4 Å². The van der Waals surface area contributed by atoms with Crippen LogP contribution in [0.4, 0.5) is 5.69 Å². The Balaban J connectivity index is 1.66. The maximum atomic E-state index is 13.0. The number of nitriles is 1. The molecule has 5 nitrogen and oxygen atoms in total. The molecule has 3 aromatic carbocycles. The number of nitrogens with one attached hydrogen (secondary N) is 1. The van der Waals surface area contributed by atoms with Crippen LogP contribution in [0.25, 0.3) is 0 Å². The van der Waals surface area contributed by atoms with Crippen molar-refractivity contribution in [2.24, 2.45) is 0 Å². The topological polar surface area (TPSA) is 73.2 Å². The summed E-state index contributed by atoms with van der Waals surface area (Å²) in [5.74, 6) is 0. The van der Waals surface area contributed by atoms with Crippen LogP contribution in [0.2, 0.25) is 10.0 Å². The van der Waals surface area contributed by atoms with Crippen LogP contribution in [-0.2, 0) is 23.0 Å². The quantitative estimate of drug-likeness (QED) is 0.581. The normalized spacial score (nSPS) is 15.9. The van der Waals surface area contributed by atoms with Crippen LogP contribution < -0.4 is 9.62 Å². The molecule has 0 spiro atoms. The van der Waals surface area contributed by atoms with Crippen LogP contribution in [0.3, 0.4) is 0 Å². The molecular weight excluding hydrogens is 453 g/mol. The zero-order chi connectivity index (χ0) is 22.0. The highest BCUT2D eigenvalue weighted by Gasteiger charge is 2.29. The molecule has 4 rings (SSSR count). The van der Waals surface area contributed by atoms with Crippen molar-refractivity contribution in [1.82, 2.24) is 4.72 Å². The smallest absolute Gasteiger partial charge is 0.242 e. The van der Waals surface area contributed by atoms with E-state index in [-0.39, 0.29) is 16.0 Å². The van der Waals surface area contributed by atoms with Crippen LogP contribution in [0.5, 0.6) is 0 Å². The van der Waals surface area contributed by atoms with Gasteiger partial charge in [-0.15, -0.1) is 0 Å². The van der Waals surface area contributed by atoms with Crippen LogP contribution in [-0.4, -0.2) is 21.0 Å². The van der Waals surface area contributed by atoms with E-state index in [4.69, 9.17) is 23.2 Å². The Hall–Kier alpha value is -2.56. The number of anilines is 1. The molecule has 0 bridgehead atoms. The lowest BCUT2D eigenvalue weighted by Gasteiger charge is -2.36. The van der Waals surface area contributed by atoms with Gasteiger partial charge in [-0.3, -0.25) is 0 Å². The van der Waals surface area contributed by atoms with Crippen LogP contribution >= 0.6 is 23.2 Å². The summed E-state index contributed by atoms with van der Waals surface area (Å²) >= 11 is 12.3. The van der Waals surface area contributed by atoms with E-state index in [9.17, 15) is 13.7 Å². The summed E-state index contributed by atoms with van der Waals surface area (Å²) in [6.07, 6.45) is 0.473. The summed E-state index contributed by atoms with van der Waals surface area (Å²) in [5.41, 5.74) is 3.44. The van der Waals surface area contributed by atoms with E-state index in [2.05, 4.69) is 15.7 Å². The molecular formula is C23H19Cl2N3O2S. The lowest BCUT2D eigenvalue weighted by atomic mass is 9.96. The lowest BCUT2D eigenvalue weighted by molar-refractivity contribution is 0.524. The Morgan fingerprint density at radius 1 is 1.06 bits per heavy atom. The summed E-state index contributed by atoms with van der Waals surface area (Å²) < 4.78 is 28.8. The van der Waals surface area contributed by atoms with Gasteiger partial charge in [0.2, 0.25) is 10.0 Å². The third kappa shape index (κ3) is 4.86. The van der Waals surface area contributed by atoms with Crippen molar-refractivity contribution in [3.8, 4) is 6.07 Å². The fourth-order valence-corrected chi connectivity index (χ4v) is 5.81. The first-order valence-corrected chi connectivity index (χ1v) is 11.9. The standard InChI is InChI=1S/C23H19Cl2N3O2S/c24-19-5-3-4-17(11-19)14-28-15-20(12-18-10-16(13-26)8-9-22(18)28)27-31(29,30)23-7-2-1-6-21(23)25/h1-11,20,27H,12,14-15H2/t20-/m0/s1. The summed E-state index contributed by atoms with van der Waals surface area (Å²) in [5, 5.41) is 10.1. The van der Waals surface area contributed by atoms with Crippen LogP contribution in [0.1, 0.15) is 16.7 Å². The molecule has 158 valence electrons. The molecule has 0 unspecified atom stereocenters. The number of halogens is 2. The van der Waals surface area contributed by atoms with Gasteiger partial charge in [-0.05, 0) is 60.0 Å². The van der Waals surface area contributed by atoms with Gasteiger partial charge >= 0.3 is 0 Å². The fourth-order valence-electron chi connectivity index (χ4n) is 3.85. The minimum absolute atomic E-state index is 0.0506. The summed E-state index contributed by atoms with van der Waals surface area (Å²) in [4.78, 5) is 2.15. The number of sulfonamides is 1. The second-order valence-electron chi connectivity index (χ2n) is 7.42. The Morgan fingerprint density at radius 2 is 1.87 bits per heavy atom. The fraction of sp³-hybridized carbons (Fsp3) is 0.174. The lowest BCUT2D eigenvalue weighted by Crippen LogP contribution is -2.48. The molecule has 1 atom stereocenters. The number of benzene rings is 3. The third-order valence-corrected chi connectivity index (χ3v) is 7.42. The number of nitrogens with zero attached hydrogens (tertiary/aromatic N) is 2. The number of hydrogen-bond acceptors (Lipinski definition) is 4. The zero-order valence-electron chi connectivity index (χ0n) is 16.4. The minimum atomic E-state index is -3.81. The van der Waals surface area contributed by atoms with Gasteiger partial charge in [-0.1, -0.05) is 47.5 Å². The van der Waals surface area contributed by atoms with Gasteiger partial charge in [0.1, 0.15) is 4.90 Å². The Morgan fingerprint density at radius 3 is 2.61 bits per heavy atom. The molecule has 1 N–H and O–H groups in total. The third-order valence-electron chi connectivity index (χ3n) is 5.17. The van der Waals surface area contributed by atoms with Crippen molar-refractivity contribution < 1.29 is 8.42 Å². The molecule has 1 aliphatic heterocycles.